The molecule has 0 spiro atoms. The number of ketones is 1. The lowest BCUT2D eigenvalue weighted by atomic mass is 10.1. The molecule has 0 N–H and O–H groups in total. The maximum atomic E-state index is 11.7. The van der Waals surface area contributed by atoms with Crippen LogP contribution in [0.2, 0.25) is 0 Å². The standard InChI is InChI=1S/C17H15BrO4/c1-3-21-17(20)15(11(2)19)10-14-8-9-16(22-14)12-4-6-13(18)7-5-12/h4-10H,3H2,1-2H3/b15-10+. The molecule has 0 unspecified atom stereocenters. The quantitative estimate of drug-likeness (QED) is 0.345. The van der Waals surface area contributed by atoms with Crippen LogP contribution in [-0.4, -0.2) is 18.4 Å². The van der Waals surface area contributed by atoms with E-state index in [2.05, 4.69) is 15.9 Å². The topological polar surface area (TPSA) is 56.5 Å². The summed E-state index contributed by atoms with van der Waals surface area (Å²) in [4.78, 5) is 23.3. The zero-order chi connectivity index (χ0) is 16.1. The van der Waals surface area contributed by atoms with Crippen molar-refractivity contribution in [3.05, 3.63) is 52.2 Å². The molecule has 0 amide bonds. The fraction of sp³-hybridized carbons (Fsp3) is 0.176. The molecule has 0 aliphatic heterocycles. The van der Waals surface area contributed by atoms with Gasteiger partial charge in [0.2, 0.25) is 0 Å². The van der Waals surface area contributed by atoms with Crippen LogP contribution in [0.5, 0.6) is 0 Å². The number of carbonyl (C=O) groups is 2. The lowest BCUT2D eigenvalue weighted by molar-refractivity contribution is -0.139. The molecular formula is C17H15BrO4. The number of Topliss-reactive ketones (excluding diaryl/α,β-unsaturated/α-hetero) is 1. The van der Waals surface area contributed by atoms with E-state index in [1.807, 2.05) is 24.3 Å². The number of rotatable bonds is 5. The third-order valence-corrected chi connectivity index (χ3v) is 3.45. The fourth-order valence-electron chi connectivity index (χ4n) is 1.86. The van der Waals surface area contributed by atoms with Crippen molar-refractivity contribution in [2.45, 2.75) is 13.8 Å². The summed E-state index contributed by atoms with van der Waals surface area (Å²) < 4.78 is 11.5. The van der Waals surface area contributed by atoms with E-state index in [-0.39, 0.29) is 18.0 Å². The Morgan fingerprint density at radius 1 is 1.18 bits per heavy atom. The summed E-state index contributed by atoms with van der Waals surface area (Å²) in [5, 5.41) is 0. The van der Waals surface area contributed by atoms with Crippen molar-refractivity contribution in [1.82, 2.24) is 0 Å². The second kappa shape index (κ2) is 7.22. The van der Waals surface area contributed by atoms with E-state index in [1.54, 1.807) is 19.1 Å². The van der Waals surface area contributed by atoms with Crippen LogP contribution in [-0.2, 0) is 14.3 Å². The van der Waals surface area contributed by atoms with E-state index in [4.69, 9.17) is 9.15 Å². The number of ether oxygens (including phenoxy) is 1. The monoisotopic (exact) mass is 362 g/mol. The van der Waals surface area contributed by atoms with Gasteiger partial charge in [-0.05, 0) is 44.2 Å². The molecule has 114 valence electrons. The lowest BCUT2D eigenvalue weighted by Gasteiger charge is -2.02. The van der Waals surface area contributed by atoms with Gasteiger partial charge in [-0.2, -0.15) is 0 Å². The highest BCUT2D eigenvalue weighted by Gasteiger charge is 2.16. The van der Waals surface area contributed by atoms with E-state index in [9.17, 15) is 9.59 Å². The predicted molar refractivity (Wildman–Crippen MR) is 87.1 cm³/mol. The largest absolute Gasteiger partial charge is 0.462 e. The van der Waals surface area contributed by atoms with E-state index in [1.165, 1.54) is 13.0 Å². The van der Waals surface area contributed by atoms with Gasteiger partial charge in [-0.1, -0.05) is 28.1 Å². The van der Waals surface area contributed by atoms with Crippen LogP contribution in [0, 0.1) is 0 Å². The Morgan fingerprint density at radius 3 is 2.45 bits per heavy atom. The molecule has 0 radical (unpaired) electrons. The van der Waals surface area contributed by atoms with Gasteiger partial charge in [-0.25, -0.2) is 4.79 Å². The molecule has 1 heterocycles. The summed E-state index contributed by atoms with van der Waals surface area (Å²) in [6.07, 6.45) is 1.41. The highest BCUT2D eigenvalue weighted by molar-refractivity contribution is 9.10. The number of carbonyl (C=O) groups excluding carboxylic acids is 2. The summed E-state index contributed by atoms with van der Waals surface area (Å²) in [6.45, 7) is 3.22. The Morgan fingerprint density at radius 2 is 1.86 bits per heavy atom. The van der Waals surface area contributed by atoms with Crippen LogP contribution in [0.3, 0.4) is 0 Å². The Kier molecular flexibility index (Phi) is 5.33. The summed E-state index contributed by atoms with van der Waals surface area (Å²) in [6, 6.07) is 11.1. The molecule has 0 fully saturated rings. The Balaban J connectivity index is 2.29. The molecule has 0 bridgehead atoms. The second-order valence-electron chi connectivity index (χ2n) is 4.54. The zero-order valence-corrected chi connectivity index (χ0v) is 13.8. The van der Waals surface area contributed by atoms with Crippen LogP contribution in [0.1, 0.15) is 19.6 Å². The maximum absolute atomic E-state index is 11.7. The summed E-state index contributed by atoms with van der Waals surface area (Å²) in [5.41, 5.74) is 0.877. The van der Waals surface area contributed by atoms with Crippen molar-refractivity contribution < 1.29 is 18.7 Å². The van der Waals surface area contributed by atoms with Gasteiger partial charge in [0.05, 0.1) is 6.61 Å². The van der Waals surface area contributed by atoms with Crippen LogP contribution < -0.4 is 0 Å². The van der Waals surface area contributed by atoms with Crippen LogP contribution in [0.4, 0.5) is 0 Å². The molecule has 2 rings (SSSR count). The molecule has 0 aliphatic rings. The minimum Gasteiger partial charge on any atom is -0.462 e. The SMILES string of the molecule is CCOC(=O)/C(=C/c1ccc(-c2ccc(Br)cc2)o1)C(C)=O. The molecule has 22 heavy (non-hydrogen) atoms. The summed E-state index contributed by atoms with van der Waals surface area (Å²) in [7, 11) is 0. The average molecular weight is 363 g/mol. The van der Waals surface area contributed by atoms with E-state index < -0.39 is 5.97 Å². The minimum atomic E-state index is -0.642. The number of benzene rings is 1. The van der Waals surface area contributed by atoms with Crippen LogP contribution >= 0.6 is 15.9 Å². The van der Waals surface area contributed by atoms with E-state index >= 15 is 0 Å². The summed E-state index contributed by atoms with van der Waals surface area (Å²) >= 11 is 3.37. The third-order valence-electron chi connectivity index (χ3n) is 2.92. The predicted octanol–water partition coefficient (Wildman–Crippen LogP) is 4.24. The third kappa shape index (κ3) is 3.95. The Hall–Kier alpha value is -2.14. The Labute approximate surface area is 136 Å². The zero-order valence-electron chi connectivity index (χ0n) is 12.3. The number of hydrogen-bond donors (Lipinski definition) is 0. The van der Waals surface area contributed by atoms with Crippen molar-refractivity contribution in [2.24, 2.45) is 0 Å². The molecule has 1 aromatic heterocycles. The molecule has 5 heteroatoms. The van der Waals surface area contributed by atoms with Crippen molar-refractivity contribution in [3.63, 3.8) is 0 Å². The van der Waals surface area contributed by atoms with Gasteiger partial charge < -0.3 is 9.15 Å². The van der Waals surface area contributed by atoms with E-state index in [0.29, 0.717) is 11.5 Å². The molecule has 4 nitrogen and oxygen atoms in total. The molecule has 0 saturated heterocycles. The first-order valence-corrected chi connectivity index (χ1v) is 7.56. The van der Waals surface area contributed by atoms with Gasteiger partial charge in [0.25, 0.3) is 0 Å². The molecule has 0 saturated carbocycles. The van der Waals surface area contributed by atoms with Gasteiger partial charge >= 0.3 is 5.97 Å². The highest BCUT2D eigenvalue weighted by atomic mass is 79.9. The van der Waals surface area contributed by atoms with Gasteiger partial charge in [0, 0.05) is 10.0 Å². The van der Waals surface area contributed by atoms with Crippen molar-refractivity contribution in [2.75, 3.05) is 6.61 Å². The highest BCUT2D eigenvalue weighted by Crippen LogP contribution is 2.25. The van der Waals surface area contributed by atoms with Gasteiger partial charge in [0.1, 0.15) is 17.1 Å². The van der Waals surface area contributed by atoms with Crippen LogP contribution in [0.15, 0.2) is 50.9 Å². The first-order valence-electron chi connectivity index (χ1n) is 6.76. The normalized spacial score (nSPS) is 11.3. The fourth-order valence-corrected chi connectivity index (χ4v) is 2.12. The van der Waals surface area contributed by atoms with Gasteiger partial charge in [0.15, 0.2) is 5.78 Å². The van der Waals surface area contributed by atoms with Crippen molar-refractivity contribution >= 4 is 33.8 Å². The smallest absolute Gasteiger partial charge is 0.341 e. The average Bonchev–Trinajstić information content (AvgIpc) is 2.94. The first kappa shape index (κ1) is 16.2. The molecular weight excluding hydrogens is 348 g/mol. The number of hydrogen-bond acceptors (Lipinski definition) is 4. The molecule has 2 aromatic rings. The molecule has 0 atom stereocenters. The minimum absolute atomic E-state index is 0.0291. The van der Waals surface area contributed by atoms with E-state index in [0.717, 1.165) is 10.0 Å². The first-order chi connectivity index (χ1) is 10.5. The molecule has 0 aliphatic carbocycles. The number of esters is 1. The van der Waals surface area contributed by atoms with Gasteiger partial charge in [-0.3, -0.25) is 4.79 Å². The molecule has 1 aromatic carbocycles. The Bertz CT molecular complexity index is 711. The van der Waals surface area contributed by atoms with Crippen LogP contribution in [0.25, 0.3) is 17.4 Å². The summed E-state index contributed by atoms with van der Waals surface area (Å²) in [5.74, 6) is 0.0818. The van der Waals surface area contributed by atoms with Gasteiger partial charge in [-0.15, -0.1) is 0 Å². The lowest BCUT2D eigenvalue weighted by Crippen LogP contribution is -2.13. The van der Waals surface area contributed by atoms with Crippen molar-refractivity contribution in [1.29, 1.82) is 0 Å². The number of furan rings is 1. The second-order valence-corrected chi connectivity index (χ2v) is 5.46. The van der Waals surface area contributed by atoms with Crippen molar-refractivity contribution in [3.8, 4) is 11.3 Å². The maximum Gasteiger partial charge on any atom is 0.341 e. The number of halogens is 1.